The lowest BCUT2D eigenvalue weighted by atomic mass is 10.3. The van der Waals surface area contributed by atoms with Crippen molar-refractivity contribution in [3.05, 3.63) is 18.2 Å². The van der Waals surface area contributed by atoms with Gasteiger partial charge in [0.05, 0.1) is 6.54 Å². The Hall–Kier alpha value is -0.870. The summed E-state index contributed by atoms with van der Waals surface area (Å²) >= 11 is 0. The molecule has 4 nitrogen and oxygen atoms in total. The highest BCUT2D eigenvalue weighted by Crippen LogP contribution is 2.01. The van der Waals surface area contributed by atoms with Crippen LogP contribution >= 0.6 is 0 Å². The van der Waals surface area contributed by atoms with Crippen molar-refractivity contribution >= 4 is 0 Å². The molecule has 0 fully saturated rings. The Morgan fingerprint density at radius 3 is 2.86 bits per heavy atom. The molecule has 80 valence electrons. The monoisotopic (exact) mass is 197 g/mol. The van der Waals surface area contributed by atoms with Crippen LogP contribution in [0.3, 0.4) is 0 Å². The quantitative estimate of drug-likeness (QED) is 0.727. The standard InChI is InChI=1S/C10H19N3O/c1-3-13(6-4-8-14)9-10-11-5-7-12(10)2/h5,7,14H,3-4,6,8-9H2,1-2H3. The first kappa shape index (κ1) is 11.2. The van der Waals surface area contributed by atoms with Gasteiger partial charge in [-0.3, -0.25) is 4.90 Å². The third kappa shape index (κ3) is 3.12. The molecular formula is C10H19N3O. The summed E-state index contributed by atoms with van der Waals surface area (Å²) in [6.07, 6.45) is 4.60. The summed E-state index contributed by atoms with van der Waals surface area (Å²) in [5, 5.41) is 8.74. The highest BCUT2D eigenvalue weighted by atomic mass is 16.3. The maximum Gasteiger partial charge on any atom is 0.122 e. The van der Waals surface area contributed by atoms with Crippen LogP contribution in [0.1, 0.15) is 19.2 Å². The molecule has 0 saturated carbocycles. The molecule has 1 aromatic rings. The number of aliphatic hydroxyl groups excluding tert-OH is 1. The van der Waals surface area contributed by atoms with Gasteiger partial charge in [-0.05, 0) is 13.0 Å². The average Bonchev–Trinajstić information content (AvgIpc) is 2.59. The molecule has 0 aliphatic carbocycles. The van der Waals surface area contributed by atoms with E-state index in [2.05, 4.69) is 16.8 Å². The summed E-state index contributed by atoms with van der Waals surface area (Å²) in [5.41, 5.74) is 0. The van der Waals surface area contributed by atoms with Crippen LogP contribution in [0.4, 0.5) is 0 Å². The zero-order valence-electron chi connectivity index (χ0n) is 8.98. The molecule has 0 radical (unpaired) electrons. The Morgan fingerprint density at radius 2 is 2.36 bits per heavy atom. The van der Waals surface area contributed by atoms with E-state index in [1.165, 1.54) is 0 Å². The molecule has 0 amide bonds. The maximum absolute atomic E-state index is 8.74. The number of hydrogen-bond acceptors (Lipinski definition) is 3. The molecule has 0 atom stereocenters. The van der Waals surface area contributed by atoms with Gasteiger partial charge in [-0.1, -0.05) is 6.92 Å². The van der Waals surface area contributed by atoms with E-state index >= 15 is 0 Å². The van der Waals surface area contributed by atoms with E-state index in [9.17, 15) is 0 Å². The summed E-state index contributed by atoms with van der Waals surface area (Å²) in [6, 6.07) is 0. The van der Waals surface area contributed by atoms with Gasteiger partial charge in [-0.25, -0.2) is 4.98 Å². The molecule has 0 aliphatic heterocycles. The van der Waals surface area contributed by atoms with Crippen LogP contribution in [0.2, 0.25) is 0 Å². The lowest BCUT2D eigenvalue weighted by Gasteiger charge is -2.19. The summed E-state index contributed by atoms with van der Waals surface area (Å²) in [6.45, 7) is 5.17. The van der Waals surface area contributed by atoms with Crippen molar-refractivity contribution < 1.29 is 5.11 Å². The first-order valence-electron chi connectivity index (χ1n) is 5.07. The summed E-state index contributed by atoms with van der Waals surface area (Å²) < 4.78 is 2.03. The molecule has 1 rings (SSSR count). The van der Waals surface area contributed by atoms with E-state index in [0.717, 1.165) is 31.9 Å². The predicted molar refractivity (Wildman–Crippen MR) is 55.9 cm³/mol. The van der Waals surface area contributed by atoms with Gasteiger partial charge in [-0.15, -0.1) is 0 Å². The highest BCUT2D eigenvalue weighted by molar-refractivity contribution is 4.90. The Kier molecular flexibility index (Phi) is 4.62. The molecule has 0 bridgehead atoms. The summed E-state index contributed by atoms with van der Waals surface area (Å²) in [4.78, 5) is 6.55. The molecule has 0 spiro atoms. The van der Waals surface area contributed by atoms with Gasteiger partial charge in [0.15, 0.2) is 0 Å². The minimum absolute atomic E-state index is 0.261. The van der Waals surface area contributed by atoms with Gasteiger partial charge in [0.25, 0.3) is 0 Å². The second-order valence-corrected chi connectivity index (χ2v) is 3.40. The number of nitrogens with zero attached hydrogens (tertiary/aromatic N) is 3. The van der Waals surface area contributed by atoms with Crippen LogP contribution in [-0.4, -0.2) is 39.3 Å². The van der Waals surface area contributed by atoms with E-state index in [4.69, 9.17) is 5.11 Å². The molecule has 0 unspecified atom stereocenters. The van der Waals surface area contributed by atoms with E-state index < -0.39 is 0 Å². The molecule has 4 heteroatoms. The number of aliphatic hydroxyl groups is 1. The third-order valence-electron chi connectivity index (χ3n) is 2.37. The van der Waals surface area contributed by atoms with Gasteiger partial charge in [0.2, 0.25) is 0 Å². The largest absolute Gasteiger partial charge is 0.396 e. The predicted octanol–water partition coefficient (Wildman–Crippen LogP) is 0.624. The van der Waals surface area contributed by atoms with Crippen LogP contribution in [0.5, 0.6) is 0 Å². The van der Waals surface area contributed by atoms with Crippen molar-refractivity contribution in [2.75, 3.05) is 19.7 Å². The average molecular weight is 197 g/mol. The van der Waals surface area contributed by atoms with E-state index in [1.807, 2.05) is 24.0 Å². The van der Waals surface area contributed by atoms with Crippen molar-refractivity contribution in [3.8, 4) is 0 Å². The minimum Gasteiger partial charge on any atom is -0.396 e. The fourth-order valence-electron chi connectivity index (χ4n) is 1.39. The first-order chi connectivity index (χ1) is 6.77. The normalized spacial score (nSPS) is 11.1. The second-order valence-electron chi connectivity index (χ2n) is 3.40. The minimum atomic E-state index is 0.261. The van der Waals surface area contributed by atoms with Crippen LogP contribution in [0.25, 0.3) is 0 Å². The third-order valence-corrected chi connectivity index (χ3v) is 2.37. The van der Waals surface area contributed by atoms with Crippen molar-refractivity contribution in [1.29, 1.82) is 0 Å². The molecule has 0 aliphatic rings. The SMILES string of the molecule is CCN(CCCO)Cc1nccn1C. The van der Waals surface area contributed by atoms with Gasteiger partial charge < -0.3 is 9.67 Å². The van der Waals surface area contributed by atoms with Crippen LogP contribution in [0, 0.1) is 0 Å². The molecule has 0 saturated heterocycles. The van der Waals surface area contributed by atoms with Gasteiger partial charge in [0.1, 0.15) is 5.82 Å². The molecule has 14 heavy (non-hydrogen) atoms. The molecular weight excluding hydrogens is 178 g/mol. The number of imidazole rings is 1. The Labute approximate surface area is 85.2 Å². The topological polar surface area (TPSA) is 41.3 Å². The lowest BCUT2D eigenvalue weighted by Crippen LogP contribution is -2.26. The fraction of sp³-hybridized carbons (Fsp3) is 0.700. The fourth-order valence-corrected chi connectivity index (χ4v) is 1.39. The molecule has 1 aromatic heterocycles. The van der Waals surface area contributed by atoms with Gasteiger partial charge in [-0.2, -0.15) is 0 Å². The van der Waals surface area contributed by atoms with E-state index in [1.54, 1.807) is 0 Å². The highest BCUT2D eigenvalue weighted by Gasteiger charge is 2.06. The first-order valence-corrected chi connectivity index (χ1v) is 5.07. The molecule has 1 heterocycles. The molecule has 0 aromatic carbocycles. The van der Waals surface area contributed by atoms with E-state index in [0.29, 0.717) is 0 Å². The van der Waals surface area contributed by atoms with Crippen LogP contribution in [-0.2, 0) is 13.6 Å². The van der Waals surface area contributed by atoms with Crippen molar-refractivity contribution in [2.45, 2.75) is 19.9 Å². The smallest absolute Gasteiger partial charge is 0.122 e. The van der Waals surface area contributed by atoms with Crippen molar-refractivity contribution in [3.63, 3.8) is 0 Å². The van der Waals surface area contributed by atoms with Crippen molar-refractivity contribution in [2.24, 2.45) is 7.05 Å². The zero-order chi connectivity index (χ0) is 10.4. The number of aromatic nitrogens is 2. The summed E-state index contributed by atoms with van der Waals surface area (Å²) in [5.74, 6) is 1.07. The second kappa shape index (κ2) is 5.78. The zero-order valence-corrected chi connectivity index (χ0v) is 8.98. The lowest BCUT2D eigenvalue weighted by molar-refractivity contribution is 0.221. The van der Waals surface area contributed by atoms with Crippen LogP contribution < -0.4 is 0 Å². The van der Waals surface area contributed by atoms with Gasteiger partial charge in [0, 0.05) is 32.6 Å². The number of aryl methyl sites for hydroxylation is 1. The Morgan fingerprint density at radius 1 is 1.57 bits per heavy atom. The Bertz CT molecular complexity index is 260. The van der Waals surface area contributed by atoms with Crippen molar-refractivity contribution in [1.82, 2.24) is 14.5 Å². The molecule has 1 N–H and O–H groups in total. The maximum atomic E-state index is 8.74. The summed E-state index contributed by atoms with van der Waals surface area (Å²) in [7, 11) is 2.00. The van der Waals surface area contributed by atoms with E-state index in [-0.39, 0.29) is 6.61 Å². The number of rotatable bonds is 6. The van der Waals surface area contributed by atoms with Gasteiger partial charge >= 0.3 is 0 Å². The van der Waals surface area contributed by atoms with Crippen LogP contribution in [0.15, 0.2) is 12.4 Å². The Balaban J connectivity index is 2.44. The number of hydrogen-bond donors (Lipinski definition) is 1.